The van der Waals surface area contributed by atoms with E-state index in [9.17, 15) is 18.0 Å². The van der Waals surface area contributed by atoms with E-state index in [1.54, 1.807) is 20.8 Å². The van der Waals surface area contributed by atoms with Crippen molar-refractivity contribution in [3.8, 4) is 0 Å². The normalized spacial score (nSPS) is 25.8. The van der Waals surface area contributed by atoms with Gasteiger partial charge in [-0.2, -0.15) is 0 Å². The molecule has 0 radical (unpaired) electrons. The first-order valence-corrected chi connectivity index (χ1v) is 8.76. The zero-order valence-corrected chi connectivity index (χ0v) is 13.7. The Hall–Kier alpha value is -1.35. The van der Waals surface area contributed by atoms with Crippen molar-refractivity contribution in [3.05, 3.63) is 0 Å². The van der Waals surface area contributed by atoms with Gasteiger partial charge in [-0.3, -0.25) is 0 Å². The van der Waals surface area contributed by atoms with E-state index < -0.39 is 45.6 Å². The molecule has 1 amide bonds. The molecule has 1 spiro atoms. The first-order chi connectivity index (χ1) is 9.92. The molecule has 2 aliphatic heterocycles. The van der Waals surface area contributed by atoms with Crippen LogP contribution in [0.15, 0.2) is 0 Å². The van der Waals surface area contributed by atoms with Gasteiger partial charge in [-0.05, 0) is 20.8 Å². The van der Waals surface area contributed by atoms with Gasteiger partial charge in [-0.15, -0.1) is 0 Å². The predicted octanol–water partition coefficient (Wildman–Crippen LogP) is 0.122. The summed E-state index contributed by atoms with van der Waals surface area (Å²) in [5.74, 6) is -1.45. The van der Waals surface area contributed by atoms with Crippen molar-refractivity contribution in [1.29, 1.82) is 0 Å². The minimum Gasteiger partial charge on any atom is -0.480 e. The summed E-state index contributed by atoms with van der Waals surface area (Å²) in [6, 6.07) is 0. The van der Waals surface area contributed by atoms with E-state index in [4.69, 9.17) is 14.6 Å². The number of ether oxygens (including phenoxy) is 2. The lowest BCUT2D eigenvalue weighted by Gasteiger charge is -2.49. The lowest BCUT2D eigenvalue weighted by Crippen LogP contribution is -2.64. The van der Waals surface area contributed by atoms with Crippen LogP contribution in [-0.4, -0.2) is 73.4 Å². The van der Waals surface area contributed by atoms with E-state index in [0.717, 1.165) is 0 Å². The molecule has 0 bridgehead atoms. The van der Waals surface area contributed by atoms with Crippen LogP contribution in [0.2, 0.25) is 0 Å². The lowest BCUT2D eigenvalue weighted by molar-refractivity contribution is -0.150. The van der Waals surface area contributed by atoms with Gasteiger partial charge in [0.05, 0.1) is 17.6 Å². The van der Waals surface area contributed by atoms with Crippen LogP contribution in [-0.2, 0) is 24.1 Å². The van der Waals surface area contributed by atoms with E-state index in [-0.39, 0.29) is 24.6 Å². The Bertz CT molecular complexity index is 572. The first kappa shape index (κ1) is 17.0. The molecule has 9 heteroatoms. The number of sulfone groups is 1. The van der Waals surface area contributed by atoms with Crippen LogP contribution in [0.25, 0.3) is 0 Å². The lowest BCUT2D eigenvalue weighted by atomic mass is 9.77. The predicted molar refractivity (Wildman–Crippen MR) is 76.3 cm³/mol. The van der Waals surface area contributed by atoms with E-state index >= 15 is 0 Å². The maximum absolute atomic E-state index is 11.9. The fourth-order valence-corrected chi connectivity index (χ4v) is 5.13. The molecule has 0 saturated carbocycles. The van der Waals surface area contributed by atoms with E-state index in [1.807, 2.05) is 0 Å². The Kier molecular flexibility index (Phi) is 4.16. The fraction of sp³-hybridized carbons (Fsp3) is 0.846. The van der Waals surface area contributed by atoms with Crippen molar-refractivity contribution in [3.63, 3.8) is 0 Å². The molecular formula is C13H21NO7S. The summed E-state index contributed by atoms with van der Waals surface area (Å²) in [5, 5.41) is 8.67. The maximum Gasteiger partial charge on any atom is 0.410 e. The van der Waals surface area contributed by atoms with Crippen LogP contribution >= 0.6 is 0 Å². The quantitative estimate of drug-likeness (QED) is 0.780. The van der Waals surface area contributed by atoms with Crippen LogP contribution < -0.4 is 0 Å². The molecular weight excluding hydrogens is 314 g/mol. The summed E-state index contributed by atoms with van der Waals surface area (Å²) in [7, 11) is -3.29. The number of likely N-dealkylation sites (tertiary alicyclic amines) is 1. The molecule has 22 heavy (non-hydrogen) atoms. The topological polar surface area (TPSA) is 110 Å². The maximum atomic E-state index is 11.9. The summed E-state index contributed by atoms with van der Waals surface area (Å²) in [4.78, 5) is 24.0. The van der Waals surface area contributed by atoms with Gasteiger partial charge in [0, 0.05) is 18.5 Å². The van der Waals surface area contributed by atoms with E-state index in [2.05, 4.69) is 0 Å². The van der Waals surface area contributed by atoms with Crippen molar-refractivity contribution in [1.82, 2.24) is 4.90 Å². The number of carboxylic acids is 1. The van der Waals surface area contributed by atoms with E-state index in [0.29, 0.717) is 0 Å². The van der Waals surface area contributed by atoms with Crippen LogP contribution in [0, 0.1) is 5.41 Å². The molecule has 0 aromatic rings. The van der Waals surface area contributed by atoms with Gasteiger partial charge in [0.25, 0.3) is 0 Å². The number of hydrogen-bond acceptors (Lipinski definition) is 6. The molecule has 126 valence electrons. The van der Waals surface area contributed by atoms with Gasteiger partial charge in [-0.25, -0.2) is 18.0 Å². The van der Waals surface area contributed by atoms with Crippen LogP contribution in [0.5, 0.6) is 0 Å². The number of carboxylic acid groups (broad SMARTS) is 1. The van der Waals surface area contributed by atoms with Crippen molar-refractivity contribution < 1.29 is 32.6 Å². The van der Waals surface area contributed by atoms with Crippen molar-refractivity contribution in [2.45, 2.75) is 32.5 Å². The molecule has 0 aliphatic carbocycles. The molecule has 1 atom stereocenters. The second-order valence-electron chi connectivity index (χ2n) is 6.95. The Morgan fingerprint density at radius 2 is 1.91 bits per heavy atom. The Morgan fingerprint density at radius 1 is 1.32 bits per heavy atom. The standard InChI is InChI=1S/C13H21NO7S/c1-12(2,3)21-11(17)14-6-13(7-14)8-22(18,19)5-9(13)20-4-10(15)16/h9H,4-8H2,1-3H3,(H,15,16). The van der Waals surface area contributed by atoms with Crippen LogP contribution in [0.4, 0.5) is 4.79 Å². The summed E-state index contributed by atoms with van der Waals surface area (Å²) in [5.41, 5.74) is -1.34. The number of rotatable bonds is 3. The highest BCUT2D eigenvalue weighted by Crippen LogP contribution is 2.43. The fourth-order valence-electron chi connectivity index (χ4n) is 2.86. The minimum atomic E-state index is -3.29. The third kappa shape index (κ3) is 3.70. The third-order valence-electron chi connectivity index (χ3n) is 3.67. The molecule has 8 nitrogen and oxygen atoms in total. The number of hydrogen-bond donors (Lipinski definition) is 1. The van der Waals surface area contributed by atoms with E-state index in [1.165, 1.54) is 4.90 Å². The Labute approximate surface area is 129 Å². The smallest absolute Gasteiger partial charge is 0.410 e. The van der Waals surface area contributed by atoms with Gasteiger partial charge in [0.15, 0.2) is 9.84 Å². The molecule has 1 unspecified atom stereocenters. The molecule has 0 aromatic carbocycles. The van der Waals surface area contributed by atoms with Crippen molar-refractivity contribution in [2.75, 3.05) is 31.2 Å². The summed E-state index contributed by atoms with van der Waals surface area (Å²) < 4.78 is 34.1. The summed E-state index contributed by atoms with van der Waals surface area (Å²) in [6.07, 6.45) is -1.20. The largest absolute Gasteiger partial charge is 0.480 e. The van der Waals surface area contributed by atoms with Gasteiger partial charge in [0.1, 0.15) is 12.2 Å². The third-order valence-corrected chi connectivity index (χ3v) is 5.49. The van der Waals surface area contributed by atoms with Gasteiger partial charge < -0.3 is 19.5 Å². The van der Waals surface area contributed by atoms with Crippen molar-refractivity contribution >= 4 is 21.9 Å². The van der Waals surface area contributed by atoms with Gasteiger partial charge >= 0.3 is 12.1 Å². The van der Waals surface area contributed by atoms with Gasteiger partial charge in [0.2, 0.25) is 0 Å². The molecule has 2 heterocycles. The van der Waals surface area contributed by atoms with Crippen LogP contribution in [0.1, 0.15) is 20.8 Å². The number of aliphatic carboxylic acids is 1. The highest BCUT2D eigenvalue weighted by atomic mass is 32.2. The summed E-state index contributed by atoms with van der Waals surface area (Å²) in [6.45, 7) is 5.10. The number of carbonyl (C=O) groups is 2. The van der Waals surface area contributed by atoms with Crippen LogP contribution in [0.3, 0.4) is 0 Å². The second-order valence-corrected chi connectivity index (χ2v) is 9.06. The second kappa shape index (κ2) is 5.38. The first-order valence-electron chi connectivity index (χ1n) is 6.94. The highest BCUT2D eigenvalue weighted by molar-refractivity contribution is 7.91. The SMILES string of the molecule is CC(C)(C)OC(=O)N1CC2(C1)CS(=O)(=O)CC2OCC(=O)O. The monoisotopic (exact) mass is 335 g/mol. The van der Waals surface area contributed by atoms with Gasteiger partial charge in [-0.1, -0.05) is 0 Å². The Balaban J connectivity index is 2.01. The summed E-state index contributed by atoms with van der Waals surface area (Å²) >= 11 is 0. The average Bonchev–Trinajstić information content (AvgIpc) is 2.53. The zero-order valence-electron chi connectivity index (χ0n) is 12.9. The molecule has 1 N–H and O–H groups in total. The van der Waals surface area contributed by atoms with Crippen molar-refractivity contribution in [2.24, 2.45) is 5.41 Å². The average molecular weight is 335 g/mol. The number of carbonyl (C=O) groups excluding carboxylic acids is 1. The molecule has 2 fully saturated rings. The Morgan fingerprint density at radius 3 is 2.41 bits per heavy atom. The zero-order chi connectivity index (χ0) is 16.8. The molecule has 2 saturated heterocycles. The number of amides is 1. The number of nitrogens with zero attached hydrogens (tertiary/aromatic N) is 1. The molecule has 2 aliphatic rings. The molecule has 2 rings (SSSR count). The molecule has 0 aromatic heterocycles. The minimum absolute atomic E-state index is 0.0937. The highest BCUT2D eigenvalue weighted by Gasteiger charge is 2.59.